The molecule has 2 aromatic rings. The number of halogens is 2. The van der Waals surface area contributed by atoms with E-state index >= 15 is 0 Å². The average molecular weight is 438 g/mol. The van der Waals surface area contributed by atoms with Crippen molar-refractivity contribution in [2.45, 2.75) is 25.7 Å². The molecular weight excluding hydrogens is 422 g/mol. The summed E-state index contributed by atoms with van der Waals surface area (Å²) >= 11 is 1.31. The van der Waals surface area contributed by atoms with Crippen LogP contribution in [0.3, 0.4) is 0 Å². The predicted molar refractivity (Wildman–Crippen MR) is 98.1 cm³/mol. The number of carboxylic acid groups (broad SMARTS) is 1. The minimum absolute atomic E-state index is 0.131. The first-order valence-corrected chi connectivity index (χ1v) is 9.88. The molecule has 0 radical (unpaired) electrons. The Hall–Kier alpha value is -3.08. The molecule has 11 heteroatoms. The largest absolute Gasteiger partial charge is 0.586 e. The van der Waals surface area contributed by atoms with Gasteiger partial charge in [-0.05, 0) is 31.0 Å². The normalized spacial score (nSPS) is 24.8. The molecule has 1 amide bonds. The number of amides is 1. The van der Waals surface area contributed by atoms with Gasteiger partial charge in [0.15, 0.2) is 17.3 Å². The van der Waals surface area contributed by atoms with Gasteiger partial charge in [0.1, 0.15) is 5.92 Å². The molecular formula is C19H16F2N2O6S. The zero-order valence-corrected chi connectivity index (χ0v) is 16.3. The van der Waals surface area contributed by atoms with Crippen LogP contribution in [0.1, 0.15) is 23.4 Å². The summed E-state index contributed by atoms with van der Waals surface area (Å²) in [6, 6.07) is 3.38. The fraction of sp³-hybridized carbons (Fsp3) is 0.368. The number of carboxylic acids is 1. The highest BCUT2D eigenvalue weighted by Gasteiger charge is 2.57. The minimum atomic E-state index is -3.76. The lowest BCUT2D eigenvalue weighted by Crippen LogP contribution is -2.58. The number of Topliss-reactive ketones (excluding diaryl/α,β-unsaturated/α-hetero) is 1. The number of alkyl halides is 2. The van der Waals surface area contributed by atoms with Crippen molar-refractivity contribution >= 4 is 29.0 Å². The maximum Gasteiger partial charge on any atom is 0.586 e. The summed E-state index contributed by atoms with van der Waals surface area (Å²) in [4.78, 5) is 41.5. The average Bonchev–Trinajstić information content (AvgIpc) is 3.27. The molecule has 4 atom stereocenters. The lowest BCUT2D eigenvalue weighted by Gasteiger charge is -2.39. The number of carbonyl (C=O) groups excluding carboxylic acids is 2. The Kier molecular flexibility index (Phi) is 4.92. The van der Waals surface area contributed by atoms with Crippen molar-refractivity contribution < 1.29 is 37.7 Å². The van der Waals surface area contributed by atoms with Crippen LogP contribution >= 0.6 is 11.3 Å². The summed E-state index contributed by atoms with van der Waals surface area (Å²) in [5.41, 5.74) is 2.02. The molecule has 2 aliphatic rings. The van der Waals surface area contributed by atoms with Crippen LogP contribution in [0.5, 0.6) is 11.5 Å². The van der Waals surface area contributed by atoms with Crippen molar-refractivity contribution in [1.82, 2.24) is 10.3 Å². The molecule has 30 heavy (non-hydrogen) atoms. The van der Waals surface area contributed by atoms with Gasteiger partial charge in [-0.2, -0.15) is 0 Å². The fourth-order valence-corrected chi connectivity index (χ4v) is 4.37. The molecule has 2 N–H and O–H groups in total. The third-order valence-corrected chi connectivity index (χ3v) is 6.02. The third kappa shape index (κ3) is 3.60. The van der Waals surface area contributed by atoms with Crippen molar-refractivity contribution in [3.05, 3.63) is 40.3 Å². The van der Waals surface area contributed by atoms with E-state index in [0.29, 0.717) is 5.56 Å². The van der Waals surface area contributed by atoms with Gasteiger partial charge in [-0.25, -0.2) is 0 Å². The molecule has 1 aromatic carbocycles. The van der Waals surface area contributed by atoms with Crippen LogP contribution in [-0.2, 0) is 20.8 Å². The molecule has 0 bridgehead atoms. The first-order chi connectivity index (χ1) is 14.2. The monoisotopic (exact) mass is 438 g/mol. The summed E-state index contributed by atoms with van der Waals surface area (Å²) in [6.45, 7) is 1.58. The van der Waals surface area contributed by atoms with Gasteiger partial charge in [0.2, 0.25) is 5.91 Å². The number of carbonyl (C=O) groups is 3. The summed E-state index contributed by atoms with van der Waals surface area (Å²) in [5.74, 6) is -5.92. The van der Waals surface area contributed by atoms with Crippen LogP contribution in [0, 0.1) is 17.8 Å². The van der Waals surface area contributed by atoms with Crippen LogP contribution < -0.4 is 14.8 Å². The van der Waals surface area contributed by atoms with Gasteiger partial charge in [0.25, 0.3) is 0 Å². The van der Waals surface area contributed by atoms with Gasteiger partial charge in [-0.15, -0.1) is 20.1 Å². The number of aliphatic carboxylic acids is 1. The van der Waals surface area contributed by atoms with E-state index in [9.17, 15) is 28.3 Å². The number of hydrogen-bond donors (Lipinski definition) is 2. The van der Waals surface area contributed by atoms with Crippen molar-refractivity contribution in [2.24, 2.45) is 17.8 Å². The van der Waals surface area contributed by atoms with Gasteiger partial charge < -0.3 is 19.9 Å². The number of fused-ring (bicyclic) bond motifs is 1. The Morgan fingerprint density at radius 1 is 1.33 bits per heavy atom. The second kappa shape index (κ2) is 7.31. The number of benzene rings is 1. The summed E-state index contributed by atoms with van der Waals surface area (Å²) in [7, 11) is 0. The van der Waals surface area contributed by atoms with Crippen molar-refractivity contribution in [1.29, 1.82) is 0 Å². The Morgan fingerprint density at radius 2 is 2.07 bits per heavy atom. The van der Waals surface area contributed by atoms with Crippen molar-refractivity contribution in [2.75, 3.05) is 0 Å². The SMILES string of the molecule is C[C@@H](NC(=O)C1C(=O)[C@H](Cc2cncs2)[C@H]1C(=O)O)c1ccc2c(c1)OC(F)(F)O2. The molecule has 158 valence electrons. The molecule has 4 rings (SSSR count). The molecule has 1 aliphatic heterocycles. The van der Waals surface area contributed by atoms with Crippen LogP contribution in [0.15, 0.2) is 29.9 Å². The zero-order chi connectivity index (χ0) is 21.6. The molecule has 8 nitrogen and oxygen atoms in total. The highest BCUT2D eigenvalue weighted by Crippen LogP contribution is 2.43. The summed E-state index contributed by atoms with van der Waals surface area (Å²) in [6.07, 6.45) is -1.97. The van der Waals surface area contributed by atoms with E-state index in [-0.39, 0.29) is 17.9 Å². The predicted octanol–water partition coefficient (Wildman–Crippen LogP) is 2.40. The van der Waals surface area contributed by atoms with Crippen LogP contribution in [0.2, 0.25) is 0 Å². The van der Waals surface area contributed by atoms with Gasteiger partial charge in [0.05, 0.1) is 17.5 Å². The number of ether oxygens (including phenoxy) is 2. The highest BCUT2D eigenvalue weighted by atomic mass is 32.1. The Labute approximate surface area is 172 Å². The molecule has 0 spiro atoms. The highest BCUT2D eigenvalue weighted by molar-refractivity contribution is 7.09. The molecule has 1 fully saturated rings. The lowest BCUT2D eigenvalue weighted by atomic mass is 9.61. The van der Waals surface area contributed by atoms with Gasteiger partial charge in [0, 0.05) is 17.0 Å². The number of aromatic nitrogens is 1. The summed E-state index contributed by atoms with van der Waals surface area (Å²) in [5, 5.41) is 12.1. The molecule has 1 aliphatic carbocycles. The molecule has 1 aromatic heterocycles. The molecule has 1 saturated carbocycles. The van der Waals surface area contributed by atoms with Crippen LogP contribution in [0.4, 0.5) is 8.78 Å². The molecule has 2 heterocycles. The number of hydrogen-bond acceptors (Lipinski definition) is 7. The van der Waals surface area contributed by atoms with E-state index in [4.69, 9.17) is 0 Å². The smallest absolute Gasteiger partial charge is 0.481 e. The van der Waals surface area contributed by atoms with Gasteiger partial charge in [-0.1, -0.05) is 6.07 Å². The van der Waals surface area contributed by atoms with E-state index in [1.54, 1.807) is 18.6 Å². The quantitative estimate of drug-likeness (QED) is 0.666. The van der Waals surface area contributed by atoms with Gasteiger partial charge >= 0.3 is 12.3 Å². The minimum Gasteiger partial charge on any atom is -0.481 e. The number of rotatable bonds is 6. The first kappa shape index (κ1) is 20.2. The van der Waals surface area contributed by atoms with E-state index in [2.05, 4.69) is 19.8 Å². The standard InChI is InChI=1S/C19H16F2N2O6S/c1-8(9-2-3-12-13(4-9)29-19(20,21)28-12)23-17(25)15-14(18(26)27)11(16(15)24)5-10-6-22-7-30-10/h2-4,6-8,11,14-15H,5H2,1H3,(H,23,25)(H,26,27)/t8-,11-,14-,15?/m1/s1. The van der Waals surface area contributed by atoms with Crippen LogP contribution in [0.25, 0.3) is 0 Å². The Morgan fingerprint density at radius 3 is 2.73 bits per heavy atom. The van der Waals surface area contributed by atoms with E-state index in [0.717, 1.165) is 4.88 Å². The number of ketones is 1. The molecule has 1 unspecified atom stereocenters. The van der Waals surface area contributed by atoms with E-state index in [1.165, 1.54) is 29.5 Å². The van der Waals surface area contributed by atoms with E-state index < -0.39 is 47.7 Å². The third-order valence-electron chi connectivity index (χ3n) is 5.22. The zero-order valence-electron chi connectivity index (χ0n) is 15.5. The van der Waals surface area contributed by atoms with Crippen LogP contribution in [-0.4, -0.2) is 34.0 Å². The fourth-order valence-electron chi connectivity index (χ4n) is 3.71. The van der Waals surface area contributed by atoms with Crippen molar-refractivity contribution in [3.63, 3.8) is 0 Å². The van der Waals surface area contributed by atoms with Gasteiger partial charge in [-0.3, -0.25) is 19.4 Å². The Balaban J connectivity index is 1.44. The topological polar surface area (TPSA) is 115 Å². The number of thiazole rings is 1. The second-order valence-corrected chi connectivity index (χ2v) is 8.10. The maximum atomic E-state index is 13.2. The first-order valence-electron chi connectivity index (χ1n) is 9.00. The second-order valence-electron chi connectivity index (χ2n) is 7.13. The lowest BCUT2D eigenvalue weighted by molar-refractivity contribution is -0.286. The number of nitrogens with zero attached hydrogens (tertiary/aromatic N) is 1. The molecule has 0 saturated heterocycles. The summed E-state index contributed by atoms with van der Waals surface area (Å²) < 4.78 is 35.0. The number of nitrogens with one attached hydrogen (secondary N) is 1. The Bertz CT molecular complexity index is 1010. The maximum absolute atomic E-state index is 13.2. The van der Waals surface area contributed by atoms with Crippen molar-refractivity contribution in [3.8, 4) is 11.5 Å². The van der Waals surface area contributed by atoms with E-state index in [1.807, 2.05) is 0 Å².